The van der Waals surface area contributed by atoms with Gasteiger partial charge in [0.2, 0.25) is 10.0 Å². The second kappa shape index (κ2) is 6.79. The van der Waals surface area contributed by atoms with Gasteiger partial charge in [0.1, 0.15) is 0 Å². The van der Waals surface area contributed by atoms with Crippen LogP contribution in [0, 0.1) is 6.92 Å². The topological polar surface area (TPSA) is 37.4 Å². The molecule has 1 heterocycles. The lowest BCUT2D eigenvalue weighted by Gasteiger charge is -2.17. The van der Waals surface area contributed by atoms with E-state index in [0.717, 1.165) is 19.8 Å². The highest BCUT2D eigenvalue weighted by Crippen LogP contribution is 2.29. The molecule has 0 fully saturated rings. The van der Waals surface area contributed by atoms with Crippen LogP contribution in [-0.4, -0.2) is 19.8 Å². The number of hydrogen-bond acceptors (Lipinski definition) is 3. The molecule has 21 heavy (non-hydrogen) atoms. The maximum absolute atomic E-state index is 12.6. The first-order chi connectivity index (χ1) is 9.84. The number of thiophene rings is 1. The number of nitrogens with zero attached hydrogens (tertiary/aromatic N) is 1. The second-order valence-corrected chi connectivity index (χ2v) is 9.19. The van der Waals surface area contributed by atoms with Crippen LogP contribution < -0.4 is 0 Å². The molecule has 0 spiro atoms. The highest BCUT2D eigenvalue weighted by Gasteiger charge is 2.25. The zero-order valence-electron chi connectivity index (χ0n) is 11.6. The lowest BCUT2D eigenvalue weighted by Crippen LogP contribution is -2.26. The molecule has 114 valence electrons. The van der Waals surface area contributed by atoms with Crippen molar-refractivity contribution in [1.29, 1.82) is 0 Å². The van der Waals surface area contributed by atoms with Crippen LogP contribution in [0.3, 0.4) is 0 Å². The van der Waals surface area contributed by atoms with E-state index in [-0.39, 0.29) is 0 Å². The van der Waals surface area contributed by atoms with Gasteiger partial charge in [-0.15, -0.1) is 22.9 Å². The molecule has 0 bridgehead atoms. The van der Waals surface area contributed by atoms with Gasteiger partial charge >= 0.3 is 0 Å². The average Bonchev–Trinajstić information content (AvgIpc) is 2.80. The minimum Gasteiger partial charge on any atom is -0.207 e. The van der Waals surface area contributed by atoms with Crippen molar-refractivity contribution in [3.63, 3.8) is 0 Å². The first kappa shape index (κ1) is 17.0. The van der Waals surface area contributed by atoms with E-state index in [2.05, 4.69) is 15.9 Å². The molecule has 0 saturated carbocycles. The van der Waals surface area contributed by atoms with Crippen molar-refractivity contribution in [2.24, 2.45) is 0 Å². The van der Waals surface area contributed by atoms with Gasteiger partial charge < -0.3 is 0 Å². The highest BCUT2D eigenvalue weighted by atomic mass is 79.9. The standard InChI is InChI=1S/C14H15BrClNO2S2/c1-10-14(7-13(8-16)20-10)21(18,19)17(2)9-11-4-3-5-12(15)6-11/h3-7H,8-9H2,1-2H3. The molecule has 1 aromatic heterocycles. The molecule has 0 N–H and O–H groups in total. The Balaban J connectivity index is 2.28. The number of halogens is 2. The van der Waals surface area contributed by atoms with E-state index >= 15 is 0 Å². The Bertz CT molecular complexity index is 743. The summed E-state index contributed by atoms with van der Waals surface area (Å²) in [6.45, 7) is 2.13. The van der Waals surface area contributed by atoms with Crippen LogP contribution in [0.25, 0.3) is 0 Å². The molecular formula is C14H15BrClNO2S2. The summed E-state index contributed by atoms with van der Waals surface area (Å²) < 4.78 is 27.6. The lowest BCUT2D eigenvalue weighted by molar-refractivity contribution is 0.466. The van der Waals surface area contributed by atoms with Crippen molar-refractivity contribution in [2.75, 3.05) is 7.05 Å². The molecule has 2 aromatic rings. The summed E-state index contributed by atoms with van der Waals surface area (Å²) in [5.74, 6) is 0.330. The molecule has 0 unspecified atom stereocenters. The molecule has 0 aliphatic rings. The van der Waals surface area contributed by atoms with Gasteiger partial charge in [-0.05, 0) is 30.7 Å². The first-order valence-corrected chi connectivity index (χ1v) is 9.79. The van der Waals surface area contributed by atoms with E-state index in [1.165, 1.54) is 15.6 Å². The number of hydrogen-bond donors (Lipinski definition) is 0. The van der Waals surface area contributed by atoms with Crippen LogP contribution in [0.1, 0.15) is 15.3 Å². The van der Waals surface area contributed by atoms with Gasteiger partial charge in [0.05, 0.1) is 10.8 Å². The molecule has 0 amide bonds. The Morgan fingerprint density at radius 2 is 2.05 bits per heavy atom. The number of sulfonamides is 1. The Hall–Kier alpha value is -0.400. The molecule has 0 radical (unpaired) electrons. The highest BCUT2D eigenvalue weighted by molar-refractivity contribution is 9.10. The van der Waals surface area contributed by atoms with Crippen LogP contribution in [0.2, 0.25) is 0 Å². The molecule has 0 aliphatic carbocycles. The van der Waals surface area contributed by atoms with E-state index in [9.17, 15) is 8.42 Å². The summed E-state index contributed by atoms with van der Waals surface area (Å²) in [5, 5.41) is 0. The van der Waals surface area contributed by atoms with Gasteiger partial charge in [0, 0.05) is 27.8 Å². The summed E-state index contributed by atoms with van der Waals surface area (Å²) in [5.41, 5.74) is 0.931. The van der Waals surface area contributed by atoms with E-state index < -0.39 is 10.0 Å². The third-order valence-corrected chi connectivity index (χ3v) is 7.09. The van der Waals surface area contributed by atoms with E-state index in [4.69, 9.17) is 11.6 Å². The summed E-state index contributed by atoms with van der Waals surface area (Å²) in [6.07, 6.45) is 0. The van der Waals surface area contributed by atoms with Crippen molar-refractivity contribution in [3.05, 3.63) is 50.1 Å². The van der Waals surface area contributed by atoms with E-state index in [1.807, 2.05) is 24.3 Å². The van der Waals surface area contributed by atoms with Crippen molar-refractivity contribution in [3.8, 4) is 0 Å². The Kier molecular flexibility index (Phi) is 5.48. The number of alkyl halides is 1. The predicted octanol–water partition coefficient (Wildman–Crippen LogP) is 4.38. The van der Waals surface area contributed by atoms with Crippen LogP contribution in [0.4, 0.5) is 0 Å². The summed E-state index contributed by atoms with van der Waals surface area (Å²) in [6, 6.07) is 9.28. The maximum atomic E-state index is 12.6. The van der Waals surface area contributed by atoms with Crippen LogP contribution in [-0.2, 0) is 22.4 Å². The van der Waals surface area contributed by atoms with Gasteiger partial charge in [0.15, 0.2) is 0 Å². The monoisotopic (exact) mass is 407 g/mol. The van der Waals surface area contributed by atoms with Crippen molar-refractivity contribution >= 4 is 48.9 Å². The summed E-state index contributed by atoms with van der Waals surface area (Å²) >= 11 is 10.6. The van der Waals surface area contributed by atoms with E-state index in [0.29, 0.717) is 17.3 Å². The van der Waals surface area contributed by atoms with Gasteiger partial charge in [-0.25, -0.2) is 8.42 Å². The fraction of sp³-hybridized carbons (Fsp3) is 0.286. The van der Waals surface area contributed by atoms with Crippen molar-refractivity contribution in [1.82, 2.24) is 4.31 Å². The minimum atomic E-state index is -3.50. The zero-order valence-corrected chi connectivity index (χ0v) is 15.6. The number of aryl methyl sites for hydroxylation is 1. The summed E-state index contributed by atoms with van der Waals surface area (Å²) in [4.78, 5) is 1.98. The second-order valence-electron chi connectivity index (χ2n) is 4.66. The van der Waals surface area contributed by atoms with E-state index in [1.54, 1.807) is 20.0 Å². The van der Waals surface area contributed by atoms with Gasteiger partial charge in [0.25, 0.3) is 0 Å². The molecule has 0 atom stereocenters. The molecule has 2 rings (SSSR count). The Morgan fingerprint density at radius 1 is 1.33 bits per heavy atom. The van der Waals surface area contributed by atoms with Crippen LogP contribution in [0.15, 0.2) is 39.7 Å². The minimum absolute atomic E-state index is 0.327. The Morgan fingerprint density at radius 3 is 2.62 bits per heavy atom. The molecular weight excluding hydrogens is 394 g/mol. The molecule has 0 aliphatic heterocycles. The predicted molar refractivity (Wildman–Crippen MR) is 91.4 cm³/mol. The normalized spacial score (nSPS) is 12.0. The summed E-state index contributed by atoms with van der Waals surface area (Å²) in [7, 11) is -1.91. The smallest absolute Gasteiger partial charge is 0.207 e. The molecule has 3 nitrogen and oxygen atoms in total. The van der Waals surface area contributed by atoms with Gasteiger partial charge in [-0.1, -0.05) is 28.1 Å². The average molecular weight is 409 g/mol. The number of rotatable bonds is 5. The third-order valence-electron chi connectivity index (χ3n) is 3.04. The molecule has 0 saturated heterocycles. The maximum Gasteiger partial charge on any atom is 0.244 e. The first-order valence-electron chi connectivity index (χ1n) is 6.20. The lowest BCUT2D eigenvalue weighted by atomic mass is 10.2. The molecule has 1 aromatic carbocycles. The molecule has 7 heteroatoms. The van der Waals surface area contributed by atoms with Gasteiger partial charge in [-0.3, -0.25) is 0 Å². The third kappa shape index (κ3) is 3.87. The van der Waals surface area contributed by atoms with Crippen molar-refractivity contribution in [2.45, 2.75) is 24.2 Å². The Labute approximate surface area is 142 Å². The quantitative estimate of drug-likeness (QED) is 0.689. The fourth-order valence-electron chi connectivity index (χ4n) is 1.99. The van der Waals surface area contributed by atoms with Crippen molar-refractivity contribution < 1.29 is 8.42 Å². The largest absolute Gasteiger partial charge is 0.244 e. The van der Waals surface area contributed by atoms with Gasteiger partial charge in [-0.2, -0.15) is 4.31 Å². The number of benzene rings is 1. The SMILES string of the molecule is Cc1sc(CCl)cc1S(=O)(=O)N(C)Cc1cccc(Br)c1. The van der Waals surface area contributed by atoms with Crippen LogP contribution in [0.5, 0.6) is 0 Å². The fourth-order valence-corrected chi connectivity index (χ4v) is 5.29. The van der Waals surface area contributed by atoms with Crippen LogP contribution >= 0.6 is 38.9 Å². The zero-order chi connectivity index (χ0) is 15.6.